The van der Waals surface area contributed by atoms with E-state index in [1.807, 2.05) is 34.9 Å². The second-order valence-corrected chi connectivity index (χ2v) is 5.53. The standard InChI is InChI=1S/C17H19N3O/c1-12(2)20-11-18-10-16(20)17(21)9-13-7-8-19-15-6-4-3-5-14(13)15/h3-8,10-12,17,21H,9H2,1-2H3. The van der Waals surface area contributed by atoms with E-state index in [2.05, 4.69) is 23.8 Å². The first-order valence-electron chi connectivity index (χ1n) is 7.19. The molecule has 2 aromatic heterocycles. The molecule has 2 heterocycles. The van der Waals surface area contributed by atoms with Gasteiger partial charge < -0.3 is 9.67 Å². The SMILES string of the molecule is CC(C)n1cncc1C(O)Cc1ccnc2ccccc12. The molecule has 108 valence electrons. The quantitative estimate of drug-likeness (QED) is 0.798. The van der Waals surface area contributed by atoms with Gasteiger partial charge >= 0.3 is 0 Å². The third kappa shape index (κ3) is 2.67. The van der Waals surface area contributed by atoms with Crippen molar-refractivity contribution in [2.24, 2.45) is 0 Å². The molecule has 0 aliphatic rings. The second-order valence-electron chi connectivity index (χ2n) is 5.53. The Labute approximate surface area is 124 Å². The maximum absolute atomic E-state index is 10.6. The molecule has 1 aromatic carbocycles. The largest absolute Gasteiger partial charge is 0.386 e. The number of fused-ring (bicyclic) bond motifs is 1. The van der Waals surface area contributed by atoms with Gasteiger partial charge in [0.15, 0.2) is 0 Å². The lowest BCUT2D eigenvalue weighted by atomic mass is 10.0. The maximum atomic E-state index is 10.6. The van der Waals surface area contributed by atoms with Crippen LogP contribution in [0.2, 0.25) is 0 Å². The van der Waals surface area contributed by atoms with Crippen molar-refractivity contribution in [1.29, 1.82) is 0 Å². The molecule has 3 aromatic rings. The molecule has 1 unspecified atom stereocenters. The van der Waals surface area contributed by atoms with Crippen LogP contribution in [0.1, 0.15) is 37.3 Å². The summed E-state index contributed by atoms with van der Waals surface area (Å²) in [6.07, 6.45) is 5.30. The average molecular weight is 281 g/mol. The number of pyridine rings is 1. The number of rotatable bonds is 4. The summed E-state index contributed by atoms with van der Waals surface area (Å²) in [5, 5.41) is 11.7. The maximum Gasteiger partial charge on any atom is 0.0996 e. The molecule has 0 saturated carbocycles. The fourth-order valence-corrected chi connectivity index (χ4v) is 2.65. The first kappa shape index (κ1) is 13.8. The van der Waals surface area contributed by atoms with Crippen LogP contribution in [0.4, 0.5) is 0 Å². The summed E-state index contributed by atoms with van der Waals surface area (Å²) in [5.74, 6) is 0. The lowest BCUT2D eigenvalue weighted by molar-refractivity contribution is 0.167. The van der Waals surface area contributed by atoms with Crippen molar-refractivity contribution in [2.75, 3.05) is 0 Å². The molecule has 1 atom stereocenters. The average Bonchev–Trinajstić information content (AvgIpc) is 2.97. The van der Waals surface area contributed by atoms with Crippen LogP contribution in [0.15, 0.2) is 49.1 Å². The van der Waals surface area contributed by atoms with Gasteiger partial charge in [0.05, 0.1) is 29.8 Å². The molecule has 0 amide bonds. The molecular weight excluding hydrogens is 262 g/mol. The van der Waals surface area contributed by atoms with Crippen molar-refractivity contribution in [3.63, 3.8) is 0 Å². The first-order valence-corrected chi connectivity index (χ1v) is 7.19. The molecule has 1 N–H and O–H groups in total. The highest BCUT2D eigenvalue weighted by atomic mass is 16.3. The number of nitrogens with zero attached hydrogens (tertiary/aromatic N) is 3. The van der Waals surface area contributed by atoms with Gasteiger partial charge in [-0.25, -0.2) is 4.98 Å². The number of hydrogen-bond donors (Lipinski definition) is 1. The summed E-state index contributed by atoms with van der Waals surface area (Å²) in [4.78, 5) is 8.52. The minimum atomic E-state index is -0.569. The predicted octanol–water partition coefficient (Wildman–Crippen LogP) is 3.29. The molecule has 0 bridgehead atoms. The zero-order valence-corrected chi connectivity index (χ0v) is 12.3. The lowest BCUT2D eigenvalue weighted by Crippen LogP contribution is -2.11. The summed E-state index contributed by atoms with van der Waals surface area (Å²) in [6.45, 7) is 4.17. The van der Waals surface area contributed by atoms with E-state index in [4.69, 9.17) is 0 Å². The zero-order valence-electron chi connectivity index (χ0n) is 12.3. The van der Waals surface area contributed by atoms with Crippen LogP contribution in [0, 0.1) is 0 Å². The van der Waals surface area contributed by atoms with Gasteiger partial charge in [-0.1, -0.05) is 18.2 Å². The van der Waals surface area contributed by atoms with Gasteiger partial charge in [0.2, 0.25) is 0 Å². The minimum absolute atomic E-state index is 0.284. The van der Waals surface area contributed by atoms with Crippen LogP contribution >= 0.6 is 0 Å². The Bertz CT molecular complexity index is 743. The number of benzene rings is 1. The fourth-order valence-electron chi connectivity index (χ4n) is 2.65. The molecule has 0 fully saturated rings. The van der Waals surface area contributed by atoms with E-state index < -0.39 is 6.10 Å². The number of hydrogen-bond acceptors (Lipinski definition) is 3. The summed E-state index contributed by atoms with van der Waals surface area (Å²) >= 11 is 0. The Hall–Kier alpha value is -2.20. The number of aliphatic hydroxyl groups excluding tert-OH is 1. The van der Waals surface area contributed by atoms with E-state index in [9.17, 15) is 5.11 Å². The fraction of sp³-hybridized carbons (Fsp3) is 0.294. The molecule has 0 aliphatic carbocycles. The number of imidazole rings is 1. The van der Waals surface area contributed by atoms with Crippen LogP contribution in [0.3, 0.4) is 0 Å². The monoisotopic (exact) mass is 281 g/mol. The molecule has 0 spiro atoms. The Kier molecular flexibility index (Phi) is 3.71. The van der Waals surface area contributed by atoms with Gasteiger partial charge in [-0.05, 0) is 31.5 Å². The molecule has 0 saturated heterocycles. The highest BCUT2D eigenvalue weighted by molar-refractivity contribution is 5.81. The van der Waals surface area contributed by atoms with Crippen LogP contribution < -0.4 is 0 Å². The first-order chi connectivity index (χ1) is 10.2. The number of aromatic nitrogens is 3. The molecule has 21 heavy (non-hydrogen) atoms. The van der Waals surface area contributed by atoms with Crippen LogP contribution in [0.5, 0.6) is 0 Å². The third-order valence-electron chi connectivity index (χ3n) is 3.75. The Morgan fingerprint density at radius 1 is 1.19 bits per heavy atom. The van der Waals surface area contributed by atoms with Crippen molar-refractivity contribution >= 4 is 10.9 Å². The van der Waals surface area contributed by atoms with Gasteiger partial charge in [-0.3, -0.25) is 4.98 Å². The lowest BCUT2D eigenvalue weighted by Gasteiger charge is -2.17. The van der Waals surface area contributed by atoms with Crippen LogP contribution in [0.25, 0.3) is 10.9 Å². The van der Waals surface area contributed by atoms with E-state index in [1.54, 1.807) is 18.7 Å². The van der Waals surface area contributed by atoms with Crippen molar-refractivity contribution in [3.05, 3.63) is 60.3 Å². The van der Waals surface area contributed by atoms with Gasteiger partial charge in [0, 0.05) is 24.0 Å². The van der Waals surface area contributed by atoms with Crippen LogP contribution in [-0.2, 0) is 6.42 Å². The smallest absolute Gasteiger partial charge is 0.0996 e. The topological polar surface area (TPSA) is 50.9 Å². The van der Waals surface area contributed by atoms with Gasteiger partial charge in [0.1, 0.15) is 0 Å². The molecule has 0 radical (unpaired) electrons. The summed E-state index contributed by atoms with van der Waals surface area (Å²) in [7, 11) is 0. The molecular formula is C17H19N3O. The van der Waals surface area contributed by atoms with E-state index in [0.29, 0.717) is 6.42 Å². The van der Waals surface area contributed by atoms with Crippen molar-refractivity contribution in [1.82, 2.24) is 14.5 Å². The molecule has 4 heteroatoms. The summed E-state index contributed by atoms with van der Waals surface area (Å²) < 4.78 is 2.01. The van der Waals surface area contributed by atoms with E-state index in [1.165, 1.54) is 0 Å². The van der Waals surface area contributed by atoms with Gasteiger partial charge in [0.25, 0.3) is 0 Å². The molecule has 3 rings (SSSR count). The molecule has 4 nitrogen and oxygen atoms in total. The van der Waals surface area contributed by atoms with Crippen molar-refractivity contribution < 1.29 is 5.11 Å². The van der Waals surface area contributed by atoms with Crippen molar-refractivity contribution in [2.45, 2.75) is 32.4 Å². The van der Waals surface area contributed by atoms with E-state index >= 15 is 0 Å². The minimum Gasteiger partial charge on any atom is -0.386 e. The van der Waals surface area contributed by atoms with E-state index in [-0.39, 0.29) is 6.04 Å². The predicted molar refractivity (Wildman–Crippen MR) is 83.0 cm³/mol. The Morgan fingerprint density at radius 3 is 2.81 bits per heavy atom. The third-order valence-corrected chi connectivity index (χ3v) is 3.75. The number of para-hydroxylation sites is 1. The summed E-state index contributed by atoms with van der Waals surface area (Å²) in [6, 6.07) is 10.3. The van der Waals surface area contributed by atoms with Crippen molar-refractivity contribution in [3.8, 4) is 0 Å². The van der Waals surface area contributed by atoms with E-state index in [0.717, 1.165) is 22.2 Å². The van der Waals surface area contributed by atoms with Crippen LogP contribution in [-0.4, -0.2) is 19.6 Å². The zero-order chi connectivity index (χ0) is 14.8. The highest BCUT2D eigenvalue weighted by Gasteiger charge is 2.16. The Morgan fingerprint density at radius 2 is 2.00 bits per heavy atom. The molecule has 0 aliphatic heterocycles. The van der Waals surface area contributed by atoms with Gasteiger partial charge in [-0.15, -0.1) is 0 Å². The van der Waals surface area contributed by atoms with Gasteiger partial charge in [-0.2, -0.15) is 0 Å². The second kappa shape index (κ2) is 5.66. The normalized spacial score (nSPS) is 13.0. The highest BCUT2D eigenvalue weighted by Crippen LogP contribution is 2.24. The number of aliphatic hydroxyl groups is 1. The summed E-state index contributed by atoms with van der Waals surface area (Å²) in [5.41, 5.74) is 2.91. The Balaban J connectivity index is 1.93.